The summed E-state index contributed by atoms with van der Waals surface area (Å²) in [5.74, 6) is -0.245. The van der Waals surface area contributed by atoms with E-state index in [0.717, 1.165) is 23.0 Å². The summed E-state index contributed by atoms with van der Waals surface area (Å²) in [6, 6.07) is 6.73. The van der Waals surface area contributed by atoms with Crippen LogP contribution < -0.4 is 0 Å². The number of benzene rings is 1. The van der Waals surface area contributed by atoms with Gasteiger partial charge in [-0.1, -0.05) is 6.07 Å². The zero-order valence-corrected chi connectivity index (χ0v) is 12.0. The molecule has 1 N–H and O–H groups in total. The summed E-state index contributed by atoms with van der Waals surface area (Å²) >= 11 is 0. The van der Waals surface area contributed by atoms with Crippen molar-refractivity contribution in [1.82, 2.24) is 9.88 Å². The average Bonchev–Trinajstić information content (AvgIpc) is 2.46. The number of aliphatic hydroxyl groups is 1. The lowest BCUT2D eigenvalue weighted by Crippen LogP contribution is -2.47. The number of aromatic nitrogens is 1. The van der Waals surface area contributed by atoms with Crippen molar-refractivity contribution in [3.63, 3.8) is 0 Å². The lowest BCUT2D eigenvalue weighted by Gasteiger charge is -2.36. The number of nitrogens with zero attached hydrogens (tertiary/aromatic N) is 2. The number of morpholine rings is 1. The zero-order valence-electron chi connectivity index (χ0n) is 12.0. The van der Waals surface area contributed by atoms with Crippen molar-refractivity contribution in [3.8, 4) is 0 Å². The van der Waals surface area contributed by atoms with E-state index >= 15 is 0 Å². The molecule has 0 saturated carbocycles. The normalized spacial score (nSPS) is 23.6. The number of aliphatic hydroxyl groups excluding tert-OH is 1. The van der Waals surface area contributed by atoms with E-state index in [9.17, 15) is 9.50 Å². The van der Waals surface area contributed by atoms with Crippen molar-refractivity contribution in [2.45, 2.75) is 25.7 Å². The first-order valence-electron chi connectivity index (χ1n) is 7.17. The fourth-order valence-electron chi connectivity index (χ4n) is 2.96. The number of ether oxygens (including phenoxy) is 1. The second-order valence-corrected chi connectivity index (χ2v) is 5.59. The molecule has 1 aliphatic rings. The minimum Gasteiger partial charge on any atom is -0.394 e. The van der Waals surface area contributed by atoms with Gasteiger partial charge in [0.25, 0.3) is 0 Å². The topological polar surface area (TPSA) is 45.6 Å². The summed E-state index contributed by atoms with van der Waals surface area (Å²) in [7, 11) is 0. The first-order chi connectivity index (χ1) is 10.2. The van der Waals surface area contributed by atoms with Crippen LogP contribution in [0.15, 0.2) is 30.5 Å². The average molecular weight is 290 g/mol. The Bertz CT molecular complexity index is 635. The number of halogens is 1. The van der Waals surface area contributed by atoms with E-state index in [4.69, 9.17) is 4.74 Å². The Kier molecular flexibility index (Phi) is 4.14. The molecule has 2 aromatic rings. The van der Waals surface area contributed by atoms with E-state index in [-0.39, 0.29) is 24.6 Å². The summed E-state index contributed by atoms with van der Waals surface area (Å²) in [5.41, 5.74) is 1.70. The highest BCUT2D eigenvalue weighted by Crippen LogP contribution is 2.21. The molecule has 4 nitrogen and oxygen atoms in total. The lowest BCUT2D eigenvalue weighted by molar-refractivity contribution is -0.0972. The van der Waals surface area contributed by atoms with Crippen molar-refractivity contribution >= 4 is 10.9 Å². The first-order valence-corrected chi connectivity index (χ1v) is 7.17. The summed E-state index contributed by atoms with van der Waals surface area (Å²) in [6.07, 6.45) is 1.60. The highest BCUT2D eigenvalue weighted by molar-refractivity contribution is 5.81. The van der Waals surface area contributed by atoms with Crippen molar-refractivity contribution in [1.29, 1.82) is 0 Å². The number of hydrogen-bond acceptors (Lipinski definition) is 4. The molecule has 0 amide bonds. The Morgan fingerprint density at radius 1 is 1.43 bits per heavy atom. The third-order valence-electron chi connectivity index (χ3n) is 3.75. The van der Waals surface area contributed by atoms with E-state index in [0.29, 0.717) is 13.1 Å². The third kappa shape index (κ3) is 3.20. The molecule has 2 heterocycles. The van der Waals surface area contributed by atoms with Gasteiger partial charge in [0.15, 0.2) is 0 Å². The van der Waals surface area contributed by atoms with Crippen LogP contribution in [0, 0.1) is 5.82 Å². The smallest absolute Gasteiger partial charge is 0.124 e. The number of fused-ring (bicyclic) bond motifs is 1. The number of hydrogen-bond donors (Lipinski definition) is 1. The minimum atomic E-state index is -0.245. The van der Waals surface area contributed by atoms with Gasteiger partial charge in [-0.3, -0.25) is 9.88 Å². The molecule has 5 heteroatoms. The zero-order chi connectivity index (χ0) is 14.8. The molecule has 0 aliphatic carbocycles. The number of pyridine rings is 1. The van der Waals surface area contributed by atoms with E-state index in [2.05, 4.69) is 9.88 Å². The fraction of sp³-hybridized carbons (Fsp3) is 0.438. The fourth-order valence-corrected chi connectivity index (χ4v) is 2.96. The summed E-state index contributed by atoms with van der Waals surface area (Å²) < 4.78 is 19.4. The lowest BCUT2D eigenvalue weighted by atomic mass is 10.1. The predicted octanol–water partition coefficient (Wildman–Crippen LogP) is 1.96. The Hall–Kier alpha value is -1.56. The second-order valence-electron chi connectivity index (χ2n) is 5.59. The van der Waals surface area contributed by atoms with Gasteiger partial charge in [0.2, 0.25) is 0 Å². The van der Waals surface area contributed by atoms with Crippen molar-refractivity contribution < 1.29 is 14.2 Å². The van der Waals surface area contributed by atoms with Crippen molar-refractivity contribution in [2.75, 3.05) is 19.7 Å². The molecule has 1 saturated heterocycles. The summed E-state index contributed by atoms with van der Waals surface area (Å²) in [5, 5.41) is 10.1. The van der Waals surface area contributed by atoms with Gasteiger partial charge in [-0.15, -0.1) is 0 Å². The van der Waals surface area contributed by atoms with Crippen molar-refractivity contribution in [2.24, 2.45) is 0 Å². The van der Waals surface area contributed by atoms with Crippen molar-refractivity contribution in [3.05, 3.63) is 41.8 Å². The largest absolute Gasteiger partial charge is 0.394 e. The van der Waals surface area contributed by atoms with E-state index in [1.54, 1.807) is 12.3 Å². The summed E-state index contributed by atoms with van der Waals surface area (Å²) in [6.45, 7) is 4.00. The maximum atomic E-state index is 13.8. The van der Waals surface area contributed by atoms with Crippen LogP contribution in [0.2, 0.25) is 0 Å². The standard InChI is InChI=1S/C16H19FN2O2/c1-11-7-19(9-15(10-20)21-11)8-13-6-14(17)5-12-3-2-4-18-16(12)13/h2-6,11,15,20H,7-10H2,1H3. The van der Waals surface area contributed by atoms with E-state index in [1.807, 2.05) is 19.1 Å². The van der Waals surface area contributed by atoms with Crippen LogP contribution in [0.5, 0.6) is 0 Å². The van der Waals surface area contributed by atoms with Gasteiger partial charge < -0.3 is 9.84 Å². The highest BCUT2D eigenvalue weighted by atomic mass is 19.1. The van der Waals surface area contributed by atoms with Gasteiger partial charge in [-0.05, 0) is 30.7 Å². The Morgan fingerprint density at radius 2 is 2.29 bits per heavy atom. The molecule has 3 rings (SSSR count). The molecule has 2 atom stereocenters. The molecule has 1 aliphatic heterocycles. The predicted molar refractivity (Wildman–Crippen MR) is 78.4 cm³/mol. The minimum absolute atomic E-state index is 0.00296. The van der Waals surface area contributed by atoms with Crippen LogP contribution in [0.1, 0.15) is 12.5 Å². The van der Waals surface area contributed by atoms with Gasteiger partial charge in [-0.2, -0.15) is 0 Å². The highest BCUT2D eigenvalue weighted by Gasteiger charge is 2.25. The van der Waals surface area contributed by atoms with Crippen LogP contribution in [-0.2, 0) is 11.3 Å². The molecular weight excluding hydrogens is 271 g/mol. The van der Waals surface area contributed by atoms with Gasteiger partial charge in [0.1, 0.15) is 5.82 Å². The first kappa shape index (κ1) is 14.4. The van der Waals surface area contributed by atoms with Gasteiger partial charge >= 0.3 is 0 Å². The SMILES string of the molecule is CC1CN(Cc2cc(F)cc3cccnc23)CC(CO)O1. The van der Waals surface area contributed by atoms with Crippen LogP contribution in [-0.4, -0.2) is 46.9 Å². The maximum absolute atomic E-state index is 13.8. The van der Waals surface area contributed by atoms with Crippen LogP contribution in [0.4, 0.5) is 4.39 Å². The molecule has 0 bridgehead atoms. The molecule has 0 radical (unpaired) electrons. The Labute approximate surface area is 123 Å². The molecule has 21 heavy (non-hydrogen) atoms. The quantitative estimate of drug-likeness (QED) is 0.938. The molecule has 1 aromatic carbocycles. The third-order valence-corrected chi connectivity index (χ3v) is 3.75. The van der Waals surface area contributed by atoms with Crippen LogP contribution in [0.3, 0.4) is 0 Å². The summed E-state index contributed by atoms with van der Waals surface area (Å²) in [4.78, 5) is 6.55. The monoisotopic (exact) mass is 290 g/mol. The van der Waals surface area contributed by atoms with Gasteiger partial charge in [0.05, 0.1) is 24.3 Å². The maximum Gasteiger partial charge on any atom is 0.124 e. The molecule has 112 valence electrons. The molecular formula is C16H19FN2O2. The van der Waals surface area contributed by atoms with Gasteiger partial charge in [0, 0.05) is 31.2 Å². The van der Waals surface area contributed by atoms with Crippen LogP contribution >= 0.6 is 0 Å². The van der Waals surface area contributed by atoms with E-state index in [1.165, 1.54) is 6.07 Å². The molecule has 1 aromatic heterocycles. The van der Waals surface area contributed by atoms with Gasteiger partial charge in [-0.25, -0.2) is 4.39 Å². The Balaban J connectivity index is 1.87. The number of rotatable bonds is 3. The molecule has 2 unspecified atom stereocenters. The van der Waals surface area contributed by atoms with E-state index < -0.39 is 0 Å². The molecule has 0 spiro atoms. The molecule has 1 fully saturated rings. The van der Waals surface area contributed by atoms with Crippen LogP contribution in [0.25, 0.3) is 10.9 Å². The Morgan fingerprint density at radius 3 is 3.10 bits per heavy atom. The second kappa shape index (κ2) is 6.05.